The van der Waals surface area contributed by atoms with Crippen LogP contribution in [0.15, 0.2) is 156 Å². The molecule has 0 spiro atoms. The number of oxazole rings is 1. The molecule has 0 saturated carbocycles. The summed E-state index contributed by atoms with van der Waals surface area (Å²) in [5.74, 6) is 2.71. The van der Waals surface area contributed by atoms with Crippen LogP contribution < -0.4 is 0 Å². The molecule has 1 aliphatic carbocycles. The number of benzene rings is 6. The van der Waals surface area contributed by atoms with Gasteiger partial charge in [-0.1, -0.05) is 104 Å². The monoisotopic (exact) mass is 740 g/mol. The zero-order chi connectivity index (χ0) is 37.2. The molecule has 7 nitrogen and oxygen atoms in total. The Kier molecular flexibility index (Phi) is 7.57. The van der Waals surface area contributed by atoms with Crippen LogP contribution in [0, 0.1) is 5.92 Å². The van der Waals surface area contributed by atoms with Gasteiger partial charge in [0.15, 0.2) is 23.1 Å². The molecule has 8 heteroatoms. The fourth-order valence-electron chi connectivity index (χ4n) is 7.79. The third kappa shape index (κ3) is 5.53. The highest BCUT2D eigenvalue weighted by atomic mass is 32.1. The Hall–Kier alpha value is -7.03. The molecule has 10 aromatic rings. The van der Waals surface area contributed by atoms with E-state index in [2.05, 4.69) is 109 Å². The van der Waals surface area contributed by atoms with Crippen LogP contribution in [-0.4, -0.2) is 29.5 Å². The molecule has 6 aromatic carbocycles. The third-order valence-corrected chi connectivity index (χ3v) is 11.5. The molecule has 0 N–H and O–H groups in total. The first-order valence-electron chi connectivity index (χ1n) is 18.7. The molecule has 1 aliphatic rings. The van der Waals surface area contributed by atoms with Crippen LogP contribution in [0.5, 0.6) is 0 Å². The van der Waals surface area contributed by atoms with Gasteiger partial charge in [-0.05, 0) is 73.0 Å². The Morgan fingerprint density at radius 3 is 2.16 bits per heavy atom. The van der Waals surface area contributed by atoms with Crippen molar-refractivity contribution in [2.45, 2.75) is 13.3 Å². The van der Waals surface area contributed by atoms with E-state index in [4.69, 9.17) is 29.3 Å². The van der Waals surface area contributed by atoms with Crippen LogP contribution >= 0.6 is 11.3 Å². The van der Waals surface area contributed by atoms with Crippen molar-refractivity contribution in [3.63, 3.8) is 0 Å². The summed E-state index contributed by atoms with van der Waals surface area (Å²) in [6.07, 6.45) is 5.39. The van der Waals surface area contributed by atoms with E-state index in [1.807, 2.05) is 60.7 Å². The van der Waals surface area contributed by atoms with Crippen LogP contribution in [0.3, 0.4) is 0 Å². The fourth-order valence-corrected chi connectivity index (χ4v) is 8.78. The van der Waals surface area contributed by atoms with Gasteiger partial charge in [0.1, 0.15) is 10.5 Å². The number of para-hydroxylation sites is 4. The molecule has 4 heterocycles. The van der Waals surface area contributed by atoms with E-state index < -0.39 is 0 Å². The van der Waals surface area contributed by atoms with Crippen LogP contribution in [0.25, 0.3) is 101 Å². The zero-order valence-corrected chi connectivity index (χ0v) is 31.1. The molecule has 0 bridgehead atoms. The first-order chi connectivity index (χ1) is 27.6. The maximum atomic E-state index is 6.35. The number of nitrogens with zero attached hydrogens (tertiary/aromatic N) is 6. The van der Waals surface area contributed by atoms with E-state index >= 15 is 0 Å². The zero-order valence-electron chi connectivity index (χ0n) is 30.3. The van der Waals surface area contributed by atoms with E-state index in [1.54, 1.807) is 11.3 Å². The smallest absolute Gasteiger partial charge is 0.227 e. The van der Waals surface area contributed by atoms with Crippen LogP contribution in [0.1, 0.15) is 17.5 Å². The van der Waals surface area contributed by atoms with E-state index in [1.165, 1.54) is 4.88 Å². The maximum absolute atomic E-state index is 6.35. The summed E-state index contributed by atoms with van der Waals surface area (Å²) in [5, 5.41) is 3.14. The third-order valence-electron chi connectivity index (χ3n) is 10.4. The molecular formula is C48H32N6OS. The van der Waals surface area contributed by atoms with E-state index in [-0.39, 0.29) is 0 Å². The van der Waals surface area contributed by atoms with Gasteiger partial charge in [0.05, 0.1) is 21.6 Å². The normalized spacial score (nSPS) is 13.8. The summed E-state index contributed by atoms with van der Waals surface area (Å²) in [5.41, 5.74) is 10.4. The lowest BCUT2D eigenvalue weighted by Crippen LogP contribution is -2.02. The number of hydrogen-bond donors (Lipinski definition) is 0. The quantitative estimate of drug-likeness (QED) is 0.169. The van der Waals surface area contributed by atoms with Gasteiger partial charge in [0.25, 0.3) is 0 Å². The van der Waals surface area contributed by atoms with E-state index in [0.29, 0.717) is 29.3 Å². The Morgan fingerprint density at radius 1 is 0.607 bits per heavy atom. The molecule has 4 aromatic heterocycles. The molecule has 0 saturated heterocycles. The minimum atomic E-state index is 0.449. The van der Waals surface area contributed by atoms with Crippen molar-refractivity contribution in [3.8, 4) is 61.9 Å². The number of allylic oxidation sites excluding steroid dienone is 1. The number of hydrogen-bond acceptors (Lipinski definition) is 7. The van der Waals surface area contributed by atoms with Crippen molar-refractivity contribution in [3.05, 3.63) is 162 Å². The largest absolute Gasteiger partial charge is 0.436 e. The predicted molar refractivity (Wildman–Crippen MR) is 226 cm³/mol. The van der Waals surface area contributed by atoms with Gasteiger partial charge in [-0.25, -0.2) is 24.9 Å². The standard InChI is InChI=1S/C48H32N6OS/c1-29-23-24-42-38(25-29)50-48(56-42)33-27-31(26-32(28-33)47-49-37-19-9-11-22-41(37)55-47)45-51-44(30-13-4-2-5-14-30)52-46(53-45)36-18-12-21-40-43(36)35-17-8-10-20-39(35)54(40)34-15-6-3-7-16-34/h2-24,26-29H,25H2,1H3. The predicted octanol–water partition coefficient (Wildman–Crippen LogP) is 12.1. The summed E-state index contributed by atoms with van der Waals surface area (Å²) in [6.45, 7) is 2.23. The highest BCUT2D eigenvalue weighted by Crippen LogP contribution is 2.40. The summed E-state index contributed by atoms with van der Waals surface area (Å²) in [4.78, 5) is 27.0. The molecule has 0 fully saturated rings. The lowest BCUT2D eigenvalue weighted by Gasteiger charge is -2.11. The first-order valence-corrected chi connectivity index (χ1v) is 19.5. The molecule has 0 amide bonds. The van der Waals surface area contributed by atoms with Gasteiger partial charge in [-0.3, -0.25) is 0 Å². The minimum absolute atomic E-state index is 0.449. The second-order valence-electron chi connectivity index (χ2n) is 14.2. The highest BCUT2D eigenvalue weighted by Gasteiger charge is 2.22. The van der Waals surface area contributed by atoms with Crippen LogP contribution in [0.2, 0.25) is 0 Å². The van der Waals surface area contributed by atoms with Gasteiger partial charge in [0.2, 0.25) is 5.89 Å². The molecule has 266 valence electrons. The van der Waals surface area contributed by atoms with Crippen molar-refractivity contribution in [2.24, 2.45) is 5.92 Å². The Balaban J connectivity index is 1.16. The van der Waals surface area contributed by atoms with Gasteiger partial charge < -0.3 is 8.98 Å². The van der Waals surface area contributed by atoms with Crippen molar-refractivity contribution in [1.29, 1.82) is 0 Å². The first kappa shape index (κ1) is 32.4. The van der Waals surface area contributed by atoms with Crippen molar-refractivity contribution in [2.75, 3.05) is 0 Å². The number of aromatic nitrogens is 6. The summed E-state index contributed by atoms with van der Waals surface area (Å²) in [7, 11) is 0. The number of thiazole rings is 1. The lowest BCUT2D eigenvalue weighted by atomic mass is 9.99. The van der Waals surface area contributed by atoms with Gasteiger partial charge in [-0.2, -0.15) is 0 Å². The Morgan fingerprint density at radius 2 is 1.30 bits per heavy atom. The second-order valence-corrected chi connectivity index (χ2v) is 15.2. The SMILES string of the molecule is CC1C=Cc2sc(-c3cc(-c4nc(-c5ccccc5)nc(-c5cccc6c5c5ccccc5n6-c5ccccc5)n4)cc(-c4nc5ccccc5o4)c3)nc2C1. The van der Waals surface area contributed by atoms with Gasteiger partial charge in [0, 0.05) is 44.3 Å². The Labute approximate surface area is 326 Å². The van der Waals surface area contributed by atoms with Gasteiger partial charge >= 0.3 is 0 Å². The molecule has 0 radical (unpaired) electrons. The topological polar surface area (TPSA) is 82.5 Å². The summed E-state index contributed by atoms with van der Waals surface area (Å²) in [6, 6.07) is 49.7. The van der Waals surface area contributed by atoms with Crippen LogP contribution in [0.4, 0.5) is 0 Å². The molecule has 11 rings (SSSR count). The highest BCUT2D eigenvalue weighted by molar-refractivity contribution is 7.16. The van der Waals surface area contributed by atoms with Crippen molar-refractivity contribution < 1.29 is 4.42 Å². The summed E-state index contributed by atoms with van der Waals surface area (Å²) >= 11 is 1.70. The minimum Gasteiger partial charge on any atom is -0.436 e. The maximum Gasteiger partial charge on any atom is 0.227 e. The average Bonchev–Trinajstić information content (AvgIpc) is 3.98. The van der Waals surface area contributed by atoms with E-state index in [0.717, 1.165) is 83.5 Å². The second kappa shape index (κ2) is 13.1. The molecule has 1 atom stereocenters. The molecule has 0 aliphatic heterocycles. The average molecular weight is 741 g/mol. The number of rotatable bonds is 6. The summed E-state index contributed by atoms with van der Waals surface area (Å²) < 4.78 is 8.66. The molecule has 1 unspecified atom stereocenters. The van der Waals surface area contributed by atoms with Crippen LogP contribution in [-0.2, 0) is 6.42 Å². The van der Waals surface area contributed by atoms with Gasteiger partial charge in [-0.15, -0.1) is 11.3 Å². The molecular weight excluding hydrogens is 709 g/mol. The van der Waals surface area contributed by atoms with E-state index in [9.17, 15) is 0 Å². The Bertz CT molecular complexity index is 3110. The fraction of sp³-hybridized carbons (Fsp3) is 0.0625. The molecule has 56 heavy (non-hydrogen) atoms. The van der Waals surface area contributed by atoms with Crippen molar-refractivity contribution >= 4 is 50.3 Å². The van der Waals surface area contributed by atoms with Crippen molar-refractivity contribution in [1.82, 2.24) is 29.5 Å². The lowest BCUT2D eigenvalue weighted by molar-refractivity contribution is 0.620. The number of fused-ring (bicyclic) bond motifs is 5.